The summed E-state index contributed by atoms with van der Waals surface area (Å²) in [5, 5.41) is 20.1. The predicted molar refractivity (Wildman–Crippen MR) is 80.3 cm³/mol. The number of hydrogen-bond donors (Lipinski definition) is 2. The van der Waals surface area contributed by atoms with Crippen LogP contribution in [-0.2, 0) is 18.9 Å². The highest BCUT2D eigenvalue weighted by Gasteiger charge is 2.48. The second kappa shape index (κ2) is 9.15. The SMILES string of the molecule is CCCCCCCCC1OC[C@H]2O[C@@H](OC)[C@H](O)[C@@H](O)[C@@H]2O1. The molecule has 2 N–H and O–H groups in total. The van der Waals surface area contributed by atoms with Crippen LogP contribution in [0, 0.1) is 0 Å². The van der Waals surface area contributed by atoms with E-state index in [9.17, 15) is 10.2 Å². The first-order chi connectivity index (χ1) is 10.7. The fraction of sp³-hybridized carbons (Fsp3) is 1.00. The van der Waals surface area contributed by atoms with Gasteiger partial charge in [-0.1, -0.05) is 39.0 Å². The topological polar surface area (TPSA) is 77.4 Å². The molecule has 2 saturated heterocycles. The Morgan fingerprint density at radius 1 is 1.00 bits per heavy atom. The molecule has 0 aromatic rings. The van der Waals surface area contributed by atoms with Gasteiger partial charge >= 0.3 is 0 Å². The van der Waals surface area contributed by atoms with Gasteiger partial charge in [0.1, 0.15) is 24.4 Å². The lowest BCUT2D eigenvalue weighted by Crippen LogP contribution is -2.63. The molecule has 0 bridgehead atoms. The Bertz CT molecular complexity index is 311. The zero-order chi connectivity index (χ0) is 15.9. The molecule has 130 valence electrons. The molecule has 0 aliphatic carbocycles. The molecule has 0 amide bonds. The zero-order valence-corrected chi connectivity index (χ0v) is 13.6. The van der Waals surface area contributed by atoms with Crippen LogP contribution in [0.5, 0.6) is 0 Å². The molecule has 0 aromatic carbocycles. The molecule has 2 fully saturated rings. The molecule has 0 radical (unpaired) electrons. The van der Waals surface area contributed by atoms with E-state index >= 15 is 0 Å². The molecule has 6 nitrogen and oxygen atoms in total. The van der Waals surface area contributed by atoms with Gasteiger partial charge in [0.05, 0.1) is 6.61 Å². The van der Waals surface area contributed by atoms with Gasteiger partial charge in [0, 0.05) is 7.11 Å². The van der Waals surface area contributed by atoms with E-state index in [0.717, 1.165) is 12.8 Å². The van der Waals surface area contributed by atoms with E-state index in [1.165, 1.54) is 39.2 Å². The zero-order valence-electron chi connectivity index (χ0n) is 13.6. The third kappa shape index (κ3) is 4.63. The van der Waals surface area contributed by atoms with Crippen LogP contribution in [0.15, 0.2) is 0 Å². The molecule has 0 aromatic heterocycles. The van der Waals surface area contributed by atoms with Gasteiger partial charge in [-0.05, 0) is 12.8 Å². The number of aliphatic hydroxyl groups is 2. The third-order valence-corrected chi connectivity index (χ3v) is 4.42. The van der Waals surface area contributed by atoms with Crippen LogP contribution in [0.25, 0.3) is 0 Å². The molecule has 22 heavy (non-hydrogen) atoms. The summed E-state index contributed by atoms with van der Waals surface area (Å²) in [6.45, 7) is 2.56. The molecule has 0 saturated carbocycles. The summed E-state index contributed by atoms with van der Waals surface area (Å²) in [7, 11) is 1.44. The first kappa shape index (κ1) is 18.1. The van der Waals surface area contributed by atoms with E-state index in [1.54, 1.807) is 0 Å². The highest BCUT2D eigenvalue weighted by atomic mass is 16.7. The summed E-state index contributed by atoms with van der Waals surface area (Å²) in [6, 6.07) is 0. The van der Waals surface area contributed by atoms with Crippen molar-refractivity contribution in [2.45, 2.75) is 88.9 Å². The molecule has 1 unspecified atom stereocenters. The Labute approximate surface area is 132 Å². The van der Waals surface area contributed by atoms with Gasteiger partial charge in [0.25, 0.3) is 0 Å². The monoisotopic (exact) mass is 318 g/mol. The first-order valence-electron chi connectivity index (χ1n) is 8.48. The molecule has 2 rings (SSSR count). The smallest absolute Gasteiger partial charge is 0.186 e. The summed E-state index contributed by atoms with van der Waals surface area (Å²) in [5.41, 5.74) is 0. The van der Waals surface area contributed by atoms with Gasteiger partial charge in [0.15, 0.2) is 12.6 Å². The molecule has 2 aliphatic heterocycles. The van der Waals surface area contributed by atoms with Crippen LogP contribution < -0.4 is 0 Å². The lowest BCUT2D eigenvalue weighted by Gasteiger charge is -2.45. The quantitative estimate of drug-likeness (QED) is 0.662. The van der Waals surface area contributed by atoms with E-state index in [1.807, 2.05) is 0 Å². The van der Waals surface area contributed by atoms with E-state index in [4.69, 9.17) is 18.9 Å². The van der Waals surface area contributed by atoms with Crippen molar-refractivity contribution in [2.24, 2.45) is 0 Å². The minimum absolute atomic E-state index is 0.322. The molecule has 6 atom stereocenters. The molecular weight excluding hydrogens is 288 g/mol. The van der Waals surface area contributed by atoms with Crippen LogP contribution >= 0.6 is 0 Å². The van der Waals surface area contributed by atoms with E-state index in [-0.39, 0.29) is 6.29 Å². The Hall–Kier alpha value is -0.240. The number of aliphatic hydroxyl groups excluding tert-OH is 2. The minimum atomic E-state index is -1.10. The van der Waals surface area contributed by atoms with Crippen LogP contribution in [0.1, 0.15) is 51.9 Å². The molecule has 0 spiro atoms. The van der Waals surface area contributed by atoms with Gasteiger partial charge < -0.3 is 29.2 Å². The maximum Gasteiger partial charge on any atom is 0.186 e. The van der Waals surface area contributed by atoms with Crippen molar-refractivity contribution >= 4 is 0 Å². The van der Waals surface area contributed by atoms with Crippen molar-refractivity contribution in [3.63, 3.8) is 0 Å². The standard InChI is InChI=1S/C16H30O6/c1-3-4-5-6-7-8-9-12-20-10-11-15(22-12)13(17)14(18)16(19-2)21-11/h11-18H,3-10H2,1-2H3/t11-,12?,13-,14-,15-,16-/m1/s1. The highest BCUT2D eigenvalue weighted by Crippen LogP contribution is 2.30. The fourth-order valence-electron chi connectivity index (χ4n) is 3.06. The number of ether oxygens (including phenoxy) is 4. The van der Waals surface area contributed by atoms with Gasteiger partial charge in [-0.25, -0.2) is 0 Å². The molecule has 2 heterocycles. The van der Waals surface area contributed by atoms with Crippen LogP contribution in [0.2, 0.25) is 0 Å². The Morgan fingerprint density at radius 2 is 1.73 bits per heavy atom. The number of unbranched alkanes of at least 4 members (excludes halogenated alkanes) is 5. The average molecular weight is 318 g/mol. The lowest BCUT2D eigenvalue weighted by molar-refractivity contribution is -0.356. The van der Waals surface area contributed by atoms with Crippen molar-refractivity contribution in [3.05, 3.63) is 0 Å². The number of hydrogen-bond acceptors (Lipinski definition) is 6. The van der Waals surface area contributed by atoms with Crippen LogP contribution in [0.3, 0.4) is 0 Å². The van der Waals surface area contributed by atoms with Gasteiger partial charge in [-0.3, -0.25) is 0 Å². The van der Waals surface area contributed by atoms with Crippen LogP contribution in [0.4, 0.5) is 0 Å². The second-order valence-corrected chi connectivity index (χ2v) is 6.18. The number of rotatable bonds is 8. The molecule has 2 aliphatic rings. The van der Waals surface area contributed by atoms with Gasteiger partial charge in [-0.15, -0.1) is 0 Å². The Balaban J connectivity index is 1.71. The summed E-state index contributed by atoms with van der Waals surface area (Å²) in [6.07, 6.45) is 3.88. The Kier molecular flexibility index (Phi) is 7.53. The van der Waals surface area contributed by atoms with Crippen molar-refractivity contribution in [1.82, 2.24) is 0 Å². The number of methoxy groups -OCH3 is 1. The van der Waals surface area contributed by atoms with Crippen molar-refractivity contribution < 1.29 is 29.2 Å². The Morgan fingerprint density at radius 3 is 2.45 bits per heavy atom. The largest absolute Gasteiger partial charge is 0.387 e. The van der Waals surface area contributed by atoms with Crippen molar-refractivity contribution in [2.75, 3.05) is 13.7 Å². The maximum absolute atomic E-state index is 10.2. The summed E-state index contributed by atoms with van der Waals surface area (Å²) < 4.78 is 22.0. The third-order valence-electron chi connectivity index (χ3n) is 4.42. The summed E-state index contributed by atoms with van der Waals surface area (Å²) in [5.74, 6) is 0. The van der Waals surface area contributed by atoms with Crippen molar-refractivity contribution in [3.8, 4) is 0 Å². The lowest BCUT2D eigenvalue weighted by atomic mass is 9.98. The first-order valence-corrected chi connectivity index (χ1v) is 8.48. The highest BCUT2D eigenvalue weighted by molar-refractivity contribution is 4.92. The van der Waals surface area contributed by atoms with E-state index < -0.39 is 30.7 Å². The summed E-state index contributed by atoms with van der Waals surface area (Å²) in [4.78, 5) is 0. The van der Waals surface area contributed by atoms with E-state index in [0.29, 0.717) is 6.61 Å². The van der Waals surface area contributed by atoms with E-state index in [2.05, 4.69) is 6.92 Å². The van der Waals surface area contributed by atoms with Crippen molar-refractivity contribution in [1.29, 1.82) is 0 Å². The maximum atomic E-state index is 10.2. The predicted octanol–water partition coefficient (Wildman–Crippen LogP) is 1.57. The minimum Gasteiger partial charge on any atom is -0.387 e. The van der Waals surface area contributed by atoms with Gasteiger partial charge in [-0.2, -0.15) is 0 Å². The second-order valence-electron chi connectivity index (χ2n) is 6.18. The average Bonchev–Trinajstić information content (AvgIpc) is 2.54. The molecule has 6 heteroatoms. The normalized spacial score (nSPS) is 38.7. The van der Waals surface area contributed by atoms with Gasteiger partial charge in [0.2, 0.25) is 0 Å². The molecular formula is C16H30O6. The van der Waals surface area contributed by atoms with Crippen LogP contribution in [-0.4, -0.2) is 60.9 Å². The summed E-state index contributed by atoms with van der Waals surface area (Å²) >= 11 is 0. The fourth-order valence-corrected chi connectivity index (χ4v) is 3.06. The number of fused-ring (bicyclic) bond motifs is 1.